The smallest absolute Gasteiger partial charge is 0.252 e. The topological polar surface area (TPSA) is 19.6 Å². The molecule has 2 aliphatic heterocycles. The van der Waals surface area contributed by atoms with Gasteiger partial charge in [0.1, 0.15) is 11.2 Å². The average Bonchev–Trinajstić information content (AvgIpc) is 3.85. The lowest BCUT2D eigenvalue weighted by Crippen LogP contribution is -2.61. The van der Waals surface area contributed by atoms with Crippen LogP contribution in [0.15, 0.2) is 180 Å². The largest absolute Gasteiger partial charge is 0.455 e. The molecule has 3 nitrogen and oxygen atoms in total. The van der Waals surface area contributed by atoms with E-state index in [4.69, 9.17) is 4.42 Å². The van der Waals surface area contributed by atoms with Crippen LogP contribution in [0.3, 0.4) is 0 Å². The maximum Gasteiger partial charge on any atom is 0.252 e. The molecule has 346 valence electrons. The third-order valence-corrected chi connectivity index (χ3v) is 16.2. The van der Waals surface area contributed by atoms with Crippen molar-refractivity contribution in [3.8, 4) is 33.4 Å². The number of hydrogen-bond donors (Lipinski definition) is 0. The Morgan fingerprint density at radius 2 is 1.06 bits per heavy atom. The number of hydrogen-bond acceptors (Lipinski definition) is 3. The summed E-state index contributed by atoms with van der Waals surface area (Å²) >= 11 is 0. The van der Waals surface area contributed by atoms with Gasteiger partial charge in [0.05, 0.1) is 0 Å². The van der Waals surface area contributed by atoms with Gasteiger partial charge in [-0.15, -0.1) is 0 Å². The zero-order chi connectivity index (χ0) is 48.9. The molecule has 71 heavy (non-hydrogen) atoms. The second-order valence-corrected chi connectivity index (χ2v) is 23.1. The normalized spacial score (nSPS) is 14.4. The minimum absolute atomic E-state index is 0.0232. The van der Waals surface area contributed by atoms with E-state index < -0.39 is 0 Å². The molecule has 0 unspecified atom stereocenters. The molecule has 0 saturated carbocycles. The van der Waals surface area contributed by atoms with Crippen molar-refractivity contribution in [2.45, 2.75) is 85.5 Å². The Kier molecular flexibility index (Phi) is 9.32. The number of aryl methyl sites for hydroxylation is 2. The number of nitrogens with zero attached hydrogens (tertiary/aromatic N) is 2. The van der Waals surface area contributed by atoms with Crippen molar-refractivity contribution >= 4 is 79.2 Å². The summed E-state index contributed by atoms with van der Waals surface area (Å²) in [7, 11) is 0. The molecule has 0 saturated heterocycles. The highest BCUT2D eigenvalue weighted by atomic mass is 16.3. The molecule has 0 fully saturated rings. The van der Waals surface area contributed by atoms with Gasteiger partial charge in [-0.3, -0.25) is 0 Å². The summed E-state index contributed by atoms with van der Waals surface area (Å²) < 4.78 is 6.57. The molecule has 1 aromatic heterocycles. The summed E-state index contributed by atoms with van der Waals surface area (Å²) in [6.45, 7) is 23.3. The number of furan rings is 1. The Morgan fingerprint density at radius 3 is 1.80 bits per heavy atom. The molecule has 0 atom stereocenters. The molecule has 3 aliphatic rings. The fourth-order valence-corrected chi connectivity index (χ4v) is 12.5. The second-order valence-electron chi connectivity index (χ2n) is 23.1. The van der Waals surface area contributed by atoms with E-state index in [1.165, 1.54) is 100 Å². The van der Waals surface area contributed by atoms with Crippen LogP contribution in [0.25, 0.3) is 55.3 Å². The van der Waals surface area contributed by atoms with Crippen LogP contribution >= 0.6 is 0 Å². The summed E-state index contributed by atoms with van der Waals surface area (Å²) in [4.78, 5) is 5.19. The first-order valence-electron chi connectivity index (χ1n) is 25.4. The van der Waals surface area contributed by atoms with Gasteiger partial charge in [-0.05, 0) is 157 Å². The van der Waals surface area contributed by atoms with Gasteiger partial charge in [0.2, 0.25) is 0 Å². The highest BCUT2D eigenvalue weighted by Gasteiger charge is 2.45. The molecule has 0 radical (unpaired) electrons. The van der Waals surface area contributed by atoms with Crippen LogP contribution in [0, 0.1) is 13.8 Å². The van der Waals surface area contributed by atoms with Crippen LogP contribution in [0.5, 0.6) is 0 Å². The summed E-state index contributed by atoms with van der Waals surface area (Å²) in [6.07, 6.45) is 0. The molecular formula is C67H59BN2O. The van der Waals surface area contributed by atoms with E-state index in [1.807, 2.05) is 6.07 Å². The predicted molar refractivity (Wildman–Crippen MR) is 303 cm³/mol. The predicted octanol–water partition coefficient (Wildman–Crippen LogP) is 16.5. The standard InChI is InChI=1S/C67H59BN2O/c1-40-17-15-18-41(2)62(40)43-27-34-57-56(35-43)68-55-33-28-44(65(3,4)5)36-58(55)69(46-29-25-42(26-30-46)48-21-16-22-52-51-20-12-14-24-61(51)71-64(48)52)59-37-45(66(6,7)8)38-60(63(59)68)70(57)47-31-32-50-49-19-11-13-23-53(49)67(9,10)54(50)39-47/h11-39H,1-10H3. The van der Waals surface area contributed by atoms with E-state index in [9.17, 15) is 0 Å². The van der Waals surface area contributed by atoms with E-state index in [2.05, 4.69) is 249 Å². The lowest BCUT2D eigenvalue weighted by atomic mass is 9.33. The maximum absolute atomic E-state index is 6.57. The zero-order valence-electron chi connectivity index (χ0n) is 42.6. The van der Waals surface area contributed by atoms with Crippen molar-refractivity contribution in [1.29, 1.82) is 0 Å². The molecule has 9 aromatic carbocycles. The Balaban J connectivity index is 1.08. The zero-order valence-corrected chi connectivity index (χ0v) is 42.6. The van der Waals surface area contributed by atoms with Gasteiger partial charge in [0, 0.05) is 55.9 Å². The molecule has 1 aliphatic carbocycles. The number of benzene rings is 9. The Morgan fingerprint density at radius 1 is 0.451 bits per heavy atom. The molecule has 4 heteroatoms. The second kappa shape index (κ2) is 15.2. The van der Waals surface area contributed by atoms with Crippen molar-refractivity contribution in [3.63, 3.8) is 0 Å². The first-order chi connectivity index (χ1) is 34.1. The van der Waals surface area contributed by atoms with Crippen LogP contribution in [0.1, 0.15) is 88.8 Å². The van der Waals surface area contributed by atoms with Crippen molar-refractivity contribution in [3.05, 3.63) is 209 Å². The third kappa shape index (κ3) is 6.49. The van der Waals surface area contributed by atoms with Crippen molar-refractivity contribution < 1.29 is 4.42 Å². The highest BCUT2D eigenvalue weighted by molar-refractivity contribution is 7.00. The molecule has 0 bridgehead atoms. The molecule has 0 spiro atoms. The first-order valence-corrected chi connectivity index (χ1v) is 25.4. The number of rotatable bonds is 4. The van der Waals surface area contributed by atoms with Crippen molar-refractivity contribution in [1.82, 2.24) is 0 Å². The third-order valence-electron chi connectivity index (χ3n) is 16.2. The molecule has 0 amide bonds. The highest BCUT2D eigenvalue weighted by Crippen LogP contribution is 2.53. The van der Waals surface area contributed by atoms with Crippen LogP contribution < -0.4 is 26.2 Å². The first kappa shape index (κ1) is 43.5. The van der Waals surface area contributed by atoms with E-state index in [0.717, 1.165) is 38.8 Å². The summed E-state index contributed by atoms with van der Waals surface area (Å²) in [6, 6.07) is 66.8. The van der Waals surface area contributed by atoms with Crippen LogP contribution in [0.4, 0.5) is 34.1 Å². The van der Waals surface area contributed by atoms with Gasteiger partial charge in [-0.2, -0.15) is 0 Å². The van der Waals surface area contributed by atoms with E-state index in [-0.39, 0.29) is 23.0 Å². The number of anilines is 6. The van der Waals surface area contributed by atoms with Gasteiger partial charge in [-0.1, -0.05) is 177 Å². The van der Waals surface area contributed by atoms with Crippen molar-refractivity contribution in [2.75, 3.05) is 9.80 Å². The van der Waals surface area contributed by atoms with E-state index in [0.29, 0.717) is 0 Å². The molecular weight excluding hydrogens is 860 g/mol. The van der Waals surface area contributed by atoms with Crippen LogP contribution in [-0.2, 0) is 16.2 Å². The maximum atomic E-state index is 6.57. The van der Waals surface area contributed by atoms with Gasteiger partial charge in [0.25, 0.3) is 6.71 Å². The molecule has 10 aromatic rings. The molecule has 13 rings (SSSR count). The Labute approximate surface area is 419 Å². The molecule has 3 heterocycles. The minimum Gasteiger partial charge on any atom is -0.455 e. The van der Waals surface area contributed by atoms with Gasteiger partial charge in [-0.25, -0.2) is 0 Å². The minimum atomic E-state index is -0.148. The SMILES string of the molecule is Cc1cccc(C)c1-c1ccc2c(c1)B1c3ccc(C(C)(C)C)cc3N(c3ccc(-c4cccc5c4oc4ccccc45)cc3)c3cc(C(C)(C)C)cc(c31)N2c1ccc2c(c1)C(C)(C)c1ccccc1-2. The Hall–Kier alpha value is -7.56. The van der Waals surface area contributed by atoms with E-state index >= 15 is 0 Å². The van der Waals surface area contributed by atoms with Crippen molar-refractivity contribution in [2.24, 2.45) is 0 Å². The van der Waals surface area contributed by atoms with Crippen LogP contribution in [0.2, 0.25) is 0 Å². The quantitative estimate of drug-likeness (QED) is 0.164. The molecule has 0 N–H and O–H groups in total. The van der Waals surface area contributed by atoms with Gasteiger partial charge in [0.15, 0.2) is 0 Å². The Bertz CT molecular complexity index is 3840. The fraction of sp³-hybridized carbons (Fsp3) is 0.194. The summed E-state index contributed by atoms with van der Waals surface area (Å²) in [5, 5.41) is 2.28. The fourth-order valence-electron chi connectivity index (χ4n) is 12.5. The van der Waals surface area contributed by atoms with E-state index in [1.54, 1.807) is 0 Å². The van der Waals surface area contributed by atoms with Gasteiger partial charge >= 0.3 is 0 Å². The average molecular weight is 919 g/mol. The lowest BCUT2D eigenvalue weighted by Gasteiger charge is -2.45. The lowest BCUT2D eigenvalue weighted by molar-refractivity contribution is 0.590. The summed E-state index contributed by atoms with van der Waals surface area (Å²) in [5.74, 6) is 0. The van der Waals surface area contributed by atoms with Crippen LogP contribution in [-0.4, -0.2) is 6.71 Å². The summed E-state index contributed by atoms with van der Waals surface area (Å²) in [5.41, 5.74) is 28.1. The monoisotopic (exact) mass is 918 g/mol. The number of fused-ring (bicyclic) bond motifs is 10. The van der Waals surface area contributed by atoms with Gasteiger partial charge < -0.3 is 14.2 Å². The number of para-hydroxylation sites is 2.